The number of halogens is 1. The summed E-state index contributed by atoms with van der Waals surface area (Å²) in [5, 5.41) is 9.03. The number of hydrogen-bond acceptors (Lipinski definition) is 4. The van der Waals surface area contributed by atoms with Gasteiger partial charge in [0.05, 0.1) is 6.54 Å². The molecule has 0 N–H and O–H groups in total. The average Bonchev–Trinajstić information content (AvgIpc) is 3.13. The van der Waals surface area contributed by atoms with Gasteiger partial charge in [0.2, 0.25) is 11.8 Å². The Hall–Kier alpha value is -2.17. The molecule has 0 atom stereocenters. The summed E-state index contributed by atoms with van der Waals surface area (Å²) in [5.74, 6) is 1.96. The molecular weight excluding hydrogens is 346 g/mol. The normalized spacial score (nSPS) is 16.0. The highest BCUT2D eigenvalue weighted by molar-refractivity contribution is 6.30. The molecule has 0 saturated carbocycles. The van der Waals surface area contributed by atoms with Gasteiger partial charge in [-0.1, -0.05) is 48.0 Å². The molecule has 4 rings (SSSR count). The van der Waals surface area contributed by atoms with Crippen LogP contribution in [0.5, 0.6) is 0 Å². The minimum absolute atomic E-state index is 0.529. The van der Waals surface area contributed by atoms with Gasteiger partial charge in [-0.05, 0) is 62.0 Å². The maximum Gasteiger partial charge on any atom is 0.247 e. The van der Waals surface area contributed by atoms with Crippen LogP contribution in [0.25, 0.3) is 11.5 Å². The van der Waals surface area contributed by atoms with Gasteiger partial charge in [-0.25, -0.2) is 0 Å². The molecule has 1 saturated heterocycles. The van der Waals surface area contributed by atoms with E-state index in [1.807, 2.05) is 24.3 Å². The van der Waals surface area contributed by atoms with Crippen LogP contribution in [0.2, 0.25) is 5.02 Å². The van der Waals surface area contributed by atoms with Crippen molar-refractivity contribution in [2.75, 3.05) is 13.1 Å². The Kier molecular flexibility index (Phi) is 5.32. The van der Waals surface area contributed by atoms with Crippen molar-refractivity contribution in [3.05, 3.63) is 71.1 Å². The average molecular weight is 368 g/mol. The molecule has 0 bridgehead atoms. The van der Waals surface area contributed by atoms with Crippen molar-refractivity contribution in [1.82, 2.24) is 15.1 Å². The summed E-state index contributed by atoms with van der Waals surface area (Å²) >= 11 is 6.03. The fourth-order valence-electron chi connectivity index (χ4n) is 3.54. The number of aromatic nitrogens is 2. The van der Waals surface area contributed by atoms with Gasteiger partial charge < -0.3 is 4.42 Å². The van der Waals surface area contributed by atoms with Crippen molar-refractivity contribution in [1.29, 1.82) is 0 Å². The largest absolute Gasteiger partial charge is 0.419 e. The van der Waals surface area contributed by atoms with Gasteiger partial charge in [-0.2, -0.15) is 0 Å². The first kappa shape index (κ1) is 17.3. The summed E-state index contributed by atoms with van der Waals surface area (Å²) in [6.45, 7) is 2.87. The smallest absolute Gasteiger partial charge is 0.247 e. The van der Waals surface area contributed by atoms with E-state index < -0.39 is 0 Å². The van der Waals surface area contributed by atoms with Crippen LogP contribution >= 0.6 is 11.6 Å². The molecule has 1 fully saturated rings. The highest BCUT2D eigenvalue weighted by Gasteiger charge is 2.21. The molecule has 1 aliphatic rings. The fraction of sp³-hybridized carbons (Fsp3) is 0.333. The third-order valence-electron chi connectivity index (χ3n) is 4.97. The van der Waals surface area contributed by atoms with E-state index in [4.69, 9.17) is 16.0 Å². The lowest BCUT2D eigenvalue weighted by molar-refractivity contribution is 0.164. The zero-order valence-electron chi connectivity index (χ0n) is 14.6. The Morgan fingerprint density at radius 3 is 2.58 bits per heavy atom. The standard InChI is InChI=1S/C21H22ClN3O/c22-19-8-4-7-18(14-19)21-24-23-20(26-21)15-25-11-9-17(10-12-25)13-16-5-2-1-3-6-16/h1-8,14,17H,9-13,15H2. The summed E-state index contributed by atoms with van der Waals surface area (Å²) in [5.41, 5.74) is 2.30. The minimum atomic E-state index is 0.529. The number of rotatable bonds is 5. The Bertz CT molecular complexity index is 841. The third kappa shape index (κ3) is 4.32. The van der Waals surface area contributed by atoms with Crippen LogP contribution in [-0.4, -0.2) is 28.2 Å². The molecule has 1 aromatic heterocycles. The summed E-state index contributed by atoms with van der Waals surface area (Å²) in [7, 11) is 0. The lowest BCUT2D eigenvalue weighted by Gasteiger charge is -2.31. The maximum absolute atomic E-state index is 6.03. The van der Waals surface area contributed by atoms with Gasteiger partial charge in [0, 0.05) is 10.6 Å². The predicted octanol–water partition coefficient (Wildman–Crippen LogP) is 4.84. The fourth-order valence-corrected chi connectivity index (χ4v) is 3.73. The van der Waals surface area contributed by atoms with Crippen LogP contribution in [-0.2, 0) is 13.0 Å². The van der Waals surface area contributed by atoms with Crippen molar-refractivity contribution in [2.45, 2.75) is 25.8 Å². The topological polar surface area (TPSA) is 42.2 Å². The van der Waals surface area contributed by atoms with E-state index in [9.17, 15) is 0 Å². The number of nitrogens with zero attached hydrogens (tertiary/aromatic N) is 3. The molecule has 1 aliphatic heterocycles. The van der Waals surface area contributed by atoms with E-state index in [2.05, 4.69) is 45.4 Å². The molecule has 0 spiro atoms. The van der Waals surface area contributed by atoms with Crippen molar-refractivity contribution >= 4 is 11.6 Å². The van der Waals surface area contributed by atoms with Gasteiger partial charge in [-0.3, -0.25) is 4.90 Å². The minimum Gasteiger partial charge on any atom is -0.419 e. The van der Waals surface area contributed by atoms with Crippen LogP contribution in [0.1, 0.15) is 24.3 Å². The summed E-state index contributed by atoms with van der Waals surface area (Å²) in [4.78, 5) is 2.40. The Labute approximate surface area is 158 Å². The van der Waals surface area contributed by atoms with Gasteiger partial charge in [-0.15, -0.1) is 10.2 Å². The van der Waals surface area contributed by atoms with Crippen molar-refractivity contribution < 1.29 is 4.42 Å². The molecule has 0 radical (unpaired) electrons. The van der Waals surface area contributed by atoms with E-state index in [1.54, 1.807) is 0 Å². The third-order valence-corrected chi connectivity index (χ3v) is 5.21. The quantitative estimate of drug-likeness (QED) is 0.646. The van der Waals surface area contributed by atoms with E-state index in [0.717, 1.165) is 24.6 Å². The predicted molar refractivity (Wildman–Crippen MR) is 103 cm³/mol. The van der Waals surface area contributed by atoms with Crippen molar-refractivity contribution in [3.8, 4) is 11.5 Å². The second kappa shape index (κ2) is 8.02. The SMILES string of the molecule is Clc1cccc(-c2nnc(CN3CCC(Cc4ccccc4)CC3)o2)c1. The maximum atomic E-state index is 6.03. The number of benzene rings is 2. The monoisotopic (exact) mass is 367 g/mol. The summed E-state index contributed by atoms with van der Waals surface area (Å²) < 4.78 is 5.83. The van der Waals surface area contributed by atoms with Crippen LogP contribution in [0.15, 0.2) is 59.0 Å². The number of likely N-dealkylation sites (tertiary alicyclic amines) is 1. The highest BCUT2D eigenvalue weighted by Crippen LogP contribution is 2.24. The molecule has 3 aromatic rings. The van der Waals surface area contributed by atoms with Crippen molar-refractivity contribution in [2.24, 2.45) is 5.92 Å². The zero-order valence-corrected chi connectivity index (χ0v) is 15.4. The van der Waals surface area contributed by atoms with Crippen molar-refractivity contribution in [3.63, 3.8) is 0 Å². The van der Waals surface area contributed by atoms with Gasteiger partial charge in [0.15, 0.2) is 0 Å². The zero-order chi connectivity index (χ0) is 17.8. The van der Waals surface area contributed by atoms with Gasteiger partial charge >= 0.3 is 0 Å². The van der Waals surface area contributed by atoms with Gasteiger partial charge in [0.25, 0.3) is 0 Å². The lowest BCUT2D eigenvalue weighted by atomic mass is 9.90. The first-order chi connectivity index (χ1) is 12.8. The summed E-state index contributed by atoms with van der Waals surface area (Å²) in [6, 6.07) is 18.3. The van der Waals surface area contributed by atoms with Crippen LogP contribution in [0.4, 0.5) is 0 Å². The van der Waals surface area contributed by atoms with Crippen LogP contribution in [0, 0.1) is 5.92 Å². The Morgan fingerprint density at radius 1 is 1.00 bits per heavy atom. The Balaban J connectivity index is 1.31. The van der Waals surface area contributed by atoms with Gasteiger partial charge in [0.1, 0.15) is 0 Å². The molecule has 26 heavy (non-hydrogen) atoms. The molecular formula is C21H22ClN3O. The van der Waals surface area contributed by atoms with E-state index in [1.165, 1.54) is 24.8 Å². The molecule has 0 aliphatic carbocycles. The lowest BCUT2D eigenvalue weighted by Crippen LogP contribution is -2.33. The van der Waals surface area contributed by atoms with Crippen LogP contribution in [0.3, 0.4) is 0 Å². The molecule has 2 heterocycles. The second-order valence-electron chi connectivity index (χ2n) is 6.92. The molecule has 4 nitrogen and oxygen atoms in total. The Morgan fingerprint density at radius 2 is 1.81 bits per heavy atom. The number of hydrogen-bond donors (Lipinski definition) is 0. The molecule has 0 amide bonds. The van der Waals surface area contributed by atoms with E-state index in [-0.39, 0.29) is 0 Å². The molecule has 2 aromatic carbocycles. The molecule has 5 heteroatoms. The van der Waals surface area contributed by atoms with Crippen LogP contribution < -0.4 is 0 Å². The molecule has 0 unspecified atom stereocenters. The number of piperidine rings is 1. The van der Waals surface area contributed by atoms with E-state index >= 15 is 0 Å². The molecule has 134 valence electrons. The van der Waals surface area contributed by atoms with E-state index in [0.29, 0.717) is 23.3 Å². The first-order valence-corrected chi connectivity index (χ1v) is 9.48. The summed E-state index contributed by atoms with van der Waals surface area (Å²) in [6.07, 6.45) is 3.60. The highest BCUT2D eigenvalue weighted by atomic mass is 35.5. The first-order valence-electron chi connectivity index (χ1n) is 9.11. The second-order valence-corrected chi connectivity index (χ2v) is 7.36.